The van der Waals surface area contributed by atoms with Crippen molar-refractivity contribution in [2.75, 3.05) is 6.61 Å². The van der Waals surface area contributed by atoms with Crippen LogP contribution in [0.1, 0.15) is 29.5 Å². The molecule has 0 unspecified atom stereocenters. The molecular formula is C10H13NO4. The van der Waals surface area contributed by atoms with Crippen molar-refractivity contribution in [3.8, 4) is 0 Å². The van der Waals surface area contributed by atoms with Gasteiger partial charge in [-0.1, -0.05) is 0 Å². The van der Waals surface area contributed by atoms with Crippen molar-refractivity contribution >= 4 is 11.9 Å². The van der Waals surface area contributed by atoms with E-state index in [0.717, 1.165) is 5.69 Å². The van der Waals surface area contributed by atoms with Crippen molar-refractivity contribution in [3.63, 3.8) is 0 Å². The number of aryl methyl sites for hydroxylation is 1. The molecule has 0 aliphatic carbocycles. The van der Waals surface area contributed by atoms with Gasteiger partial charge in [-0.2, -0.15) is 0 Å². The number of hydrogen-bond acceptors (Lipinski definition) is 3. The lowest BCUT2D eigenvalue weighted by atomic mass is 10.2. The van der Waals surface area contributed by atoms with E-state index in [4.69, 9.17) is 9.84 Å². The third-order valence-corrected chi connectivity index (χ3v) is 1.85. The molecule has 1 aromatic rings. The van der Waals surface area contributed by atoms with E-state index in [0.29, 0.717) is 18.7 Å². The van der Waals surface area contributed by atoms with Crippen LogP contribution in [-0.2, 0) is 16.0 Å². The normalized spacial score (nSPS) is 9.93. The number of hydrogen-bond donors (Lipinski definition) is 2. The summed E-state index contributed by atoms with van der Waals surface area (Å²) < 4.78 is 4.78. The molecule has 15 heavy (non-hydrogen) atoms. The highest BCUT2D eigenvalue weighted by molar-refractivity contribution is 5.87. The van der Waals surface area contributed by atoms with Crippen LogP contribution in [0.25, 0.3) is 0 Å². The van der Waals surface area contributed by atoms with Crippen LogP contribution in [0.4, 0.5) is 0 Å². The molecule has 0 atom stereocenters. The Morgan fingerprint density at radius 3 is 2.80 bits per heavy atom. The summed E-state index contributed by atoms with van der Waals surface area (Å²) in [6, 6.07) is 3.28. The van der Waals surface area contributed by atoms with Gasteiger partial charge < -0.3 is 14.8 Å². The zero-order valence-corrected chi connectivity index (χ0v) is 8.45. The largest absolute Gasteiger partial charge is 0.481 e. The zero-order valence-electron chi connectivity index (χ0n) is 8.45. The number of esters is 1. The Morgan fingerprint density at radius 2 is 2.20 bits per heavy atom. The summed E-state index contributed by atoms with van der Waals surface area (Å²) in [6.07, 6.45) is 0.428. The van der Waals surface area contributed by atoms with Gasteiger partial charge in [0.25, 0.3) is 0 Å². The quantitative estimate of drug-likeness (QED) is 0.717. The number of aromatic nitrogens is 1. The first-order chi connectivity index (χ1) is 7.13. The zero-order chi connectivity index (χ0) is 11.3. The Morgan fingerprint density at radius 1 is 1.47 bits per heavy atom. The molecule has 0 radical (unpaired) electrons. The van der Waals surface area contributed by atoms with E-state index in [1.54, 1.807) is 19.1 Å². The van der Waals surface area contributed by atoms with Gasteiger partial charge in [0.2, 0.25) is 0 Å². The Hall–Kier alpha value is -1.78. The predicted molar refractivity (Wildman–Crippen MR) is 52.7 cm³/mol. The topological polar surface area (TPSA) is 79.4 Å². The van der Waals surface area contributed by atoms with Crippen LogP contribution in [0.3, 0.4) is 0 Å². The minimum absolute atomic E-state index is 0.0444. The molecule has 1 rings (SSSR count). The lowest BCUT2D eigenvalue weighted by molar-refractivity contribution is -0.136. The van der Waals surface area contributed by atoms with Crippen molar-refractivity contribution in [2.24, 2.45) is 0 Å². The fraction of sp³-hybridized carbons (Fsp3) is 0.400. The lowest BCUT2D eigenvalue weighted by Gasteiger charge is -1.98. The SMILES string of the molecule is CCOC(=O)c1ccc(CCC(=O)O)[nH]1. The molecule has 0 saturated heterocycles. The molecule has 0 aromatic carbocycles. The van der Waals surface area contributed by atoms with E-state index in [1.165, 1.54) is 0 Å². The van der Waals surface area contributed by atoms with Gasteiger partial charge in [0.05, 0.1) is 13.0 Å². The van der Waals surface area contributed by atoms with E-state index < -0.39 is 11.9 Å². The number of aromatic amines is 1. The summed E-state index contributed by atoms with van der Waals surface area (Å²) in [5.74, 6) is -1.28. The van der Waals surface area contributed by atoms with Crippen molar-refractivity contribution < 1.29 is 19.4 Å². The molecule has 0 amide bonds. The van der Waals surface area contributed by atoms with Gasteiger partial charge in [0.15, 0.2) is 0 Å². The van der Waals surface area contributed by atoms with Crippen LogP contribution in [0, 0.1) is 0 Å². The minimum Gasteiger partial charge on any atom is -0.481 e. The van der Waals surface area contributed by atoms with Crippen molar-refractivity contribution in [1.29, 1.82) is 0 Å². The fourth-order valence-electron chi connectivity index (χ4n) is 1.16. The number of carboxylic acid groups (broad SMARTS) is 1. The molecule has 1 heterocycles. The summed E-state index contributed by atoms with van der Waals surface area (Å²) in [4.78, 5) is 24.4. The summed E-state index contributed by atoms with van der Waals surface area (Å²) >= 11 is 0. The molecule has 5 nitrogen and oxygen atoms in total. The average Bonchev–Trinajstić information content (AvgIpc) is 2.63. The molecule has 0 fully saturated rings. The van der Waals surface area contributed by atoms with E-state index in [1.807, 2.05) is 0 Å². The summed E-state index contributed by atoms with van der Waals surface area (Å²) in [6.45, 7) is 2.05. The number of carbonyl (C=O) groups excluding carboxylic acids is 1. The maximum atomic E-state index is 11.2. The van der Waals surface area contributed by atoms with Crippen LogP contribution in [-0.4, -0.2) is 28.6 Å². The standard InChI is InChI=1S/C10H13NO4/c1-2-15-10(14)8-5-3-7(11-8)4-6-9(12)13/h3,5,11H,2,4,6H2,1H3,(H,12,13). The first-order valence-corrected chi connectivity index (χ1v) is 4.70. The van der Waals surface area contributed by atoms with Crippen LogP contribution in [0.15, 0.2) is 12.1 Å². The molecule has 0 spiro atoms. The maximum absolute atomic E-state index is 11.2. The van der Waals surface area contributed by atoms with Gasteiger partial charge in [0, 0.05) is 5.69 Å². The Kier molecular flexibility index (Phi) is 3.91. The van der Waals surface area contributed by atoms with Crippen LogP contribution < -0.4 is 0 Å². The molecule has 0 saturated carbocycles. The second-order valence-electron chi connectivity index (χ2n) is 3.01. The van der Waals surface area contributed by atoms with Crippen LogP contribution in [0.2, 0.25) is 0 Å². The molecule has 0 aliphatic rings. The molecule has 1 aromatic heterocycles. The average molecular weight is 211 g/mol. The molecule has 2 N–H and O–H groups in total. The van der Waals surface area contributed by atoms with Crippen molar-refractivity contribution in [3.05, 3.63) is 23.5 Å². The van der Waals surface area contributed by atoms with E-state index in [9.17, 15) is 9.59 Å². The van der Waals surface area contributed by atoms with Crippen molar-refractivity contribution in [2.45, 2.75) is 19.8 Å². The smallest absolute Gasteiger partial charge is 0.354 e. The molecule has 5 heteroatoms. The van der Waals surface area contributed by atoms with E-state index in [-0.39, 0.29) is 6.42 Å². The van der Waals surface area contributed by atoms with Crippen LogP contribution in [0.5, 0.6) is 0 Å². The fourth-order valence-corrected chi connectivity index (χ4v) is 1.16. The number of H-pyrrole nitrogens is 1. The molecule has 0 bridgehead atoms. The van der Waals surface area contributed by atoms with Gasteiger partial charge in [-0.05, 0) is 25.5 Å². The highest BCUT2D eigenvalue weighted by atomic mass is 16.5. The number of rotatable bonds is 5. The third kappa shape index (κ3) is 3.46. The molecular weight excluding hydrogens is 198 g/mol. The summed E-state index contributed by atoms with van der Waals surface area (Å²) in [7, 11) is 0. The van der Waals surface area contributed by atoms with Gasteiger partial charge in [-0.3, -0.25) is 4.79 Å². The number of aliphatic carboxylic acids is 1. The minimum atomic E-state index is -0.859. The predicted octanol–water partition coefficient (Wildman–Crippen LogP) is 1.21. The number of carbonyl (C=O) groups is 2. The Balaban J connectivity index is 2.56. The monoisotopic (exact) mass is 211 g/mol. The van der Waals surface area contributed by atoms with Gasteiger partial charge >= 0.3 is 11.9 Å². The highest BCUT2D eigenvalue weighted by Crippen LogP contribution is 2.06. The Labute approximate surface area is 87.1 Å². The number of carboxylic acids is 1. The first kappa shape index (κ1) is 11.3. The lowest BCUT2D eigenvalue weighted by Crippen LogP contribution is -2.05. The second kappa shape index (κ2) is 5.19. The highest BCUT2D eigenvalue weighted by Gasteiger charge is 2.09. The Bertz CT molecular complexity index is 356. The van der Waals surface area contributed by atoms with Gasteiger partial charge in [-0.25, -0.2) is 4.79 Å². The third-order valence-electron chi connectivity index (χ3n) is 1.85. The number of ether oxygens (including phenoxy) is 1. The second-order valence-corrected chi connectivity index (χ2v) is 3.01. The van der Waals surface area contributed by atoms with E-state index >= 15 is 0 Å². The summed E-state index contributed by atoms with van der Waals surface area (Å²) in [5.41, 5.74) is 1.08. The van der Waals surface area contributed by atoms with Gasteiger partial charge in [-0.15, -0.1) is 0 Å². The maximum Gasteiger partial charge on any atom is 0.354 e. The van der Waals surface area contributed by atoms with Crippen molar-refractivity contribution in [1.82, 2.24) is 4.98 Å². The summed E-state index contributed by atoms with van der Waals surface area (Å²) in [5, 5.41) is 8.47. The number of nitrogens with one attached hydrogen (secondary N) is 1. The molecule has 0 aliphatic heterocycles. The molecule has 82 valence electrons. The first-order valence-electron chi connectivity index (χ1n) is 4.70. The van der Waals surface area contributed by atoms with E-state index in [2.05, 4.69) is 4.98 Å². The van der Waals surface area contributed by atoms with Crippen LogP contribution >= 0.6 is 0 Å². The van der Waals surface area contributed by atoms with Gasteiger partial charge in [0.1, 0.15) is 5.69 Å².